The Labute approximate surface area is 122 Å². The molecule has 0 aliphatic carbocycles. The number of carbonyl (C=O) groups excluding carboxylic acids is 1. The maximum absolute atomic E-state index is 11.8. The van der Waals surface area contributed by atoms with E-state index in [0.717, 1.165) is 21.9 Å². The SMILES string of the molecule is C=CS(=O)(=O)N[C@@H](Cc1c[nH]c2ccccc12)C(=O)OC. The van der Waals surface area contributed by atoms with Gasteiger partial charge in [0.2, 0.25) is 10.0 Å². The zero-order valence-corrected chi connectivity index (χ0v) is 12.3. The van der Waals surface area contributed by atoms with E-state index < -0.39 is 22.0 Å². The molecule has 7 heteroatoms. The van der Waals surface area contributed by atoms with Crippen LogP contribution in [0.2, 0.25) is 0 Å². The summed E-state index contributed by atoms with van der Waals surface area (Å²) in [7, 11) is -2.51. The van der Waals surface area contributed by atoms with Gasteiger partial charge in [0, 0.05) is 28.9 Å². The van der Waals surface area contributed by atoms with E-state index in [-0.39, 0.29) is 6.42 Å². The Bertz CT molecular complexity index is 764. The lowest BCUT2D eigenvalue weighted by Crippen LogP contribution is -2.42. The molecule has 0 saturated heterocycles. The van der Waals surface area contributed by atoms with Crippen molar-refractivity contribution in [2.75, 3.05) is 7.11 Å². The maximum atomic E-state index is 11.8. The molecule has 1 aromatic carbocycles. The summed E-state index contributed by atoms with van der Waals surface area (Å²) < 4.78 is 30.1. The van der Waals surface area contributed by atoms with Crippen molar-refractivity contribution in [3.63, 3.8) is 0 Å². The Morgan fingerprint density at radius 1 is 1.48 bits per heavy atom. The van der Waals surface area contributed by atoms with Crippen LogP contribution in [0.5, 0.6) is 0 Å². The topological polar surface area (TPSA) is 88.3 Å². The molecule has 21 heavy (non-hydrogen) atoms. The average molecular weight is 308 g/mol. The van der Waals surface area contributed by atoms with E-state index in [9.17, 15) is 13.2 Å². The van der Waals surface area contributed by atoms with Crippen LogP contribution in [0.1, 0.15) is 5.56 Å². The van der Waals surface area contributed by atoms with Crippen molar-refractivity contribution < 1.29 is 17.9 Å². The number of aromatic nitrogens is 1. The monoisotopic (exact) mass is 308 g/mol. The van der Waals surface area contributed by atoms with Gasteiger partial charge in [-0.3, -0.25) is 4.79 Å². The van der Waals surface area contributed by atoms with E-state index in [1.807, 2.05) is 24.3 Å². The number of hydrogen-bond donors (Lipinski definition) is 2. The van der Waals surface area contributed by atoms with Gasteiger partial charge in [-0.05, 0) is 11.6 Å². The van der Waals surface area contributed by atoms with Gasteiger partial charge in [-0.1, -0.05) is 24.8 Å². The van der Waals surface area contributed by atoms with E-state index in [1.54, 1.807) is 6.20 Å². The van der Waals surface area contributed by atoms with Gasteiger partial charge in [0.15, 0.2) is 0 Å². The Balaban J connectivity index is 2.30. The largest absolute Gasteiger partial charge is 0.468 e. The summed E-state index contributed by atoms with van der Waals surface area (Å²) in [5.74, 6) is -0.647. The predicted octanol–water partition coefficient (Wildman–Crippen LogP) is 1.31. The van der Waals surface area contributed by atoms with Gasteiger partial charge >= 0.3 is 5.97 Å². The third kappa shape index (κ3) is 3.50. The highest BCUT2D eigenvalue weighted by atomic mass is 32.2. The number of H-pyrrole nitrogens is 1. The first-order valence-corrected chi connectivity index (χ1v) is 7.79. The minimum Gasteiger partial charge on any atom is -0.468 e. The molecule has 0 amide bonds. The van der Waals surface area contributed by atoms with Crippen LogP contribution in [0.15, 0.2) is 42.4 Å². The van der Waals surface area contributed by atoms with Gasteiger partial charge in [-0.15, -0.1) is 0 Å². The van der Waals surface area contributed by atoms with Crippen LogP contribution in [-0.2, 0) is 26.0 Å². The standard InChI is InChI=1S/C14H16N2O4S/c1-3-21(18,19)16-13(14(17)20-2)8-10-9-15-12-7-5-4-6-11(10)12/h3-7,9,13,15-16H,1,8H2,2H3/t13-/m0/s1. The lowest BCUT2D eigenvalue weighted by atomic mass is 10.1. The number of esters is 1. The van der Waals surface area contributed by atoms with E-state index in [0.29, 0.717) is 0 Å². The number of carbonyl (C=O) groups is 1. The summed E-state index contributed by atoms with van der Waals surface area (Å²) in [6, 6.07) is 6.57. The summed E-state index contributed by atoms with van der Waals surface area (Å²) in [5.41, 5.74) is 1.75. The number of aromatic amines is 1. The number of rotatable bonds is 6. The van der Waals surface area contributed by atoms with Crippen molar-refractivity contribution in [2.45, 2.75) is 12.5 Å². The number of benzene rings is 1. The molecule has 1 heterocycles. The normalized spacial score (nSPS) is 13.0. The Hall–Kier alpha value is -2.12. The second kappa shape index (κ2) is 6.11. The summed E-state index contributed by atoms with van der Waals surface area (Å²) >= 11 is 0. The molecule has 112 valence electrons. The molecule has 2 rings (SSSR count). The summed E-state index contributed by atoms with van der Waals surface area (Å²) in [5, 5.41) is 1.70. The van der Waals surface area contributed by atoms with Gasteiger partial charge in [-0.2, -0.15) is 4.72 Å². The van der Waals surface area contributed by atoms with E-state index in [2.05, 4.69) is 21.0 Å². The molecule has 0 unspecified atom stereocenters. The average Bonchev–Trinajstić information content (AvgIpc) is 2.89. The first-order chi connectivity index (χ1) is 9.96. The highest BCUT2D eigenvalue weighted by Gasteiger charge is 2.25. The van der Waals surface area contributed by atoms with Crippen molar-refractivity contribution >= 4 is 26.9 Å². The quantitative estimate of drug-likeness (QED) is 0.788. The van der Waals surface area contributed by atoms with E-state index >= 15 is 0 Å². The number of fused-ring (bicyclic) bond motifs is 1. The van der Waals surface area contributed by atoms with Gasteiger partial charge in [0.25, 0.3) is 0 Å². The lowest BCUT2D eigenvalue weighted by molar-refractivity contribution is -0.142. The summed E-state index contributed by atoms with van der Waals surface area (Å²) in [6.07, 6.45) is 1.94. The molecule has 1 aromatic heterocycles. The third-order valence-electron chi connectivity index (χ3n) is 3.11. The fourth-order valence-electron chi connectivity index (χ4n) is 2.08. The van der Waals surface area contributed by atoms with Crippen molar-refractivity contribution in [1.82, 2.24) is 9.71 Å². The fourth-order valence-corrected chi connectivity index (χ4v) is 2.75. The highest BCUT2D eigenvalue weighted by Crippen LogP contribution is 2.19. The van der Waals surface area contributed by atoms with Crippen LogP contribution >= 0.6 is 0 Å². The maximum Gasteiger partial charge on any atom is 0.324 e. The number of hydrogen-bond acceptors (Lipinski definition) is 4. The second-order valence-corrected chi connectivity index (χ2v) is 6.13. The molecule has 0 saturated carbocycles. The van der Waals surface area contributed by atoms with Gasteiger partial charge < -0.3 is 9.72 Å². The molecule has 0 fully saturated rings. The van der Waals surface area contributed by atoms with Crippen LogP contribution in [0.25, 0.3) is 10.9 Å². The zero-order valence-electron chi connectivity index (χ0n) is 11.5. The van der Waals surface area contributed by atoms with Gasteiger partial charge in [-0.25, -0.2) is 8.42 Å². The van der Waals surface area contributed by atoms with Crippen molar-refractivity contribution in [2.24, 2.45) is 0 Å². The Morgan fingerprint density at radius 2 is 2.19 bits per heavy atom. The zero-order chi connectivity index (χ0) is 15.5. The lowest BCUT2D eigenvalue weighted by Gasteiger charge is -2.14. The van der Waals surface area contributed by atoms with Crippen molar-refractivity contribution in [3.05, 3.63) is 48.0 Å². The Morgan fingerprint density at radius 3 is 2.86 bits per heavy atom. The van der Waals surface area contributed by atoms with Crippen LogP contribution in [0.4, 0.5) is 0 Å². The number of ether oxygens (including phenoxy) is 1. The van der Waals surface area contributed by atoms with Crippen LogP contribution < -0.4 is 4.72 Å². The first-order valence-electron chi connectivity index (χ1n) is 6.24. The minimum atomic E-state index is -3.73. The van der Waals surface area contributed by atoms with Crippen molar-refractivity contribution in [1.29, 1.82) is 0 Å². The van der Waals surface area contributed by atoms with Crippen molar-refractivity contribution in [3.8, 4) is 0 Å². The first kappa shape index (κ1) is 15.3. The third-order valence-corrected chi connectivity index (χ3v) is 4.16. The molecule has 2 aromatic rings. The number of para-hydroxylation sites is 1. The number of methoxy groups -OCH3 is 1. The molecule has 0 radical (unpaired) electrons. The molecular weight excluding hydrogens is 292 g/mol. The van der Waals surface area contributed by atoms with E-state index in [4.69, 9.17) is 0 Å². The van der Waals surface area contributed by atoms with Gasteiger partial charge in [0.1, 0.15) is 6.04 Å². The highest BCUT2D eigenvalue weighted by molar-refractivity contribution is 7.92. The molecule has 0 aliphatic heterocycles. The van der Waals surface area contributed by atoms with Crippen LogP contribution in [-0.4, -0.2) is 32.5 Å². The molecule has 1 atom stereocenters. The molecule has 2 N–H and O–H groups in total. The predicted molar refractivity (Wildman–Crippen MR) is 80.1 cm³/mol. The van der Waals surface area contributed by atoms with Crippen LogP contribution in [0.3, 0.4) is 0 Å². The molecule has 0 bridgehead atoms. The molecular formula is C14H16N2O4S. The summed E-state index contributed by atoms with van der Waals surface area (Å²) in [6.45, 7) is 3.21. The molecule has 6 nitrogen and oxygen atoms in total. The smallest absolute Gasteiger partial charge is 0.324 e. The fraction of sp³-hybridized carbons (Fsp3) is 0.214. The van der Waals surface area contributed by atoms with E-state index in [1.165, 1.54) is 7.11 Å². The second-order valence-electron chi connectivity index (χ2n) is 4.47. The van der Waals surface area contributed by atoms with Crippen LogP contribution in [0, 0.1) is 0 Å². The van der Waals surface area contributed by atoms with Gasteiger partial charge in [0.05, 0.1) is 7.11 Å². The molecule has 0 spiro atoms. The Kier molecular flexibility index (Phi) is 4.44. The number of nitrogens with one attached hydrogen (secondary N) is 2. The number of sulfonamides is 1. The molecule has 0 aliphatic rings. The summed E-state index contributed by atoms with van der Waals surface area (Å²) in [4.78, 5) is 14.9. The minimum absolute atomic E-state index is 0.184.